The topological polar surface area (TPSA) is 92.9 Å². The zero-order valence-electron chi connectivity index (χ0n) is 11.4. The quantitative estimate of drug-likeness (QED) is 0.753. The lowest BCUT2D eigenvalue weighted by Crippen LogP contribution is -2.38. The van der Waals surface area contributed by atoms with Crippen LogP contribution < -0.4 is 5.73 Å². The molecule has 3 rings (SSSR count). The highest BCUT2D eigenvalue weighted by Crippen LogP contribution is 2.43. The molecule has 0 saturated carbocycles. The van der Waals surface area contributed by atoms with Gasteiger partial charge in [-0.15, -0.1) is 0 Å². The highest BCUT2D eigenvalue weighted by Gasteiger charge is 2.58. The van der Waals surface area contributed by atoms with Crippen molar-refractivity contribution in [3.63, 3.8) is 0 Å². The molecule has 3 atom stereocenters. The van der Waals surface area contributed by atoms with Gasteiger partial charge in [-0.3, -0.25) is 24.1 Å². The fourth-order valence-corrected chi connectivity index (χ4v) is 2.92. The molecule has 0 aliphatic carbocycles. The van der Waals surface area contributed by atoms with E-state index in [1.54, 1.807) is 0 Å². The molecule has 7 heteroatoms. The standard InChI is InChI=1S/C14H15N3O4/c1-16-13(19)10-11(8-5-3-2-4-6-8)17(7-9(15)18)21-12(10)14(16)20/h2-6,10-12H,7H2,1H3,(H2,15,18). The number of rotatable bonds is 3. The summed E-state index contributed by atoms with van der Waals surface area (Å²) >= 11 is 0. The zero-order chi connectivity index (χ0) is 15.1. The average molecular weight is 289 g/mol. The minimum atomic E-state index is -0.882. The van der Waals surface area contributed by atoms with E-state index < -0.39 is 29.9 Å². The summed E-state index contributed by atoms with van der Waals surface area (Å²) in [6.45, 7) is -0.170. The summed E-state index contributed by atoms with van der Waals surface area (Å²) in [4.78, 5) is 42.1. The van der Waals surface area contributed by atoms with Crippen LogP contribution in [0.15, 0.2) is 30.3 Å². The molecule has 2 fully saturated rings. The third-order valence-electron chi connectivity index (χ3n) is 3.87. The Morgan fingerprint density at radius 1 is 1.24 bits per heavy atom. The minimum Gasteiger partial charge on any atom is -0.368 e. The second-order valence-corrected chi connectivity index (χ2v) is 5.18. The summed E-state index contributed by atoms with van der Waals surface area (Å²) in [5.74, 6) is -1.92. The van der Waals surface area contributed by atoms with Crippen LogP contribution in [0.4, 0.5) is 0 Å². The number of likely N-dealkylation sites (tertiary alicyclic amines) is 1. The molecule has 2 saturated heterocycles. The highest BCUT2D eigenvalue weighted by molar-refractivity contribution is 6.07. The van der Waals surface area contributed by atoms with Gasteiger partial charge in [0.15, 0.2) is 6.10 Å². The molecule has 3 unspecified atom stereocenters. The number of carbonyl (C=O) groups excluding carboxylic acids is 3. The SMILES string of the molecule is CN1C(=O)C2ON(CC(N)=O)C(c3ccccc3)C2C1=O. The number of carbonyl (C=O) groups is 3. The number of primary amides is 1. The Bertz CT molecular complexity index is 603. The van der Waals surface area contributed by atoms with Gasteiger partial charge < -0.3 is 5.73 Å². The Morgan fingerprint density at radius 3 is 2.52 bits per heavy atom. The molecule has 3 amide bonds. The van der Waals surface area contributed by atoms with Gasteiger partial charge in [0.05, 0.1) is 12.0 Å². The van der Waals surface area contributed by atoms with Gasteiger partial charge in [0, 0.05) is 7.05 Å². The number of likely N-dealkylation sites (N-methyl/N-ethyl adjacent to an activating group) is 1. The first kappa shape index (κ1) is 13.7. The number of nitrogens with zero attached hydrogens (tertiary/aromatic N) is 2. The van der Waals surface area contributed by atoms with E-state index in [2.05, 4.69) is 0 Å². The van der Waals surface area contributed by atoms with Gasteiger partial charge in [0.2, 0.25) is 11.8 Å². The van der Waals surface area contributed by atoms with Crippen LogP contribution in [0.5, 0.6) is 0 Å². The van der Waals surface area contributed by atoms with E-state index in [-0.39, 0.29) is 12.5 Å². The molecule has 1 aromatic rings. The first-order chi connectivity index (χ1) is 10.0. The van der Waals surface area contributed by atoms with Gasteiger partial charge in [0.25, 0.3) is 5.91 Å². The van der Waals surface area contributed by atoms with Crippen LogP contribution in [0, 0.1) is 5.92 Å². The minimum absolute atomic E-state index is 0.170. The first-order valence-corrected chi connectivity index (χ1v) is 6.59. The number of hydroxylamine groups is 2. The molecule has 0 aromatic heterocycles. The summed E-state index contributed by atoms with van der Waals surface area (Å²) in [5, 5.41) is 1.34. The van der Waals surface area contributed by atoms with E-state index >= 15 is 0 Å². The number of imide groups is 1. The van der Waals surface area contributed by atoms with Crippen molar-refractivity contribution in [2.45, 2.75) is 12.1 Å². The van der Waals surface area contributed by atoms with E-state index in [0.29, 0.717) is 0 Å². The first-order valence-electron chi connectivity index (χ1n) is 6.59. The van der Waals surface area contributed by atoms with Crippen LogP contribution in [-0.2, 0) is 19.2 Å². The van der Waals surface area contributed by atoms with Crippen LogP contribution >= 0.6 is 0 Å². The molecule has 7 nitrogen and oxygen atoms in total. The number of benzene rings is 1. The molecule has 1 aromatic carbocycles. The molecule has 2 aliphatic rings. The predicted octanol–water partition coefficient (Wildman–Crippen LogP) is -0.556. The van der Waals surface area contributed by atoms with Gasteiger partial charge in [-0.25, -0.2) is 0 Å². The largest absolute Gasteiger partial charge is 0.368 e. The molecule has 0 radical (unpaired) electrons. The van der Waals surface area contributed by atoms with Gasteiger partial charge >= 0.3 is 0 Å². The monoisotopic (exact) mass is 289 g/mol. The maximum atomic E-state index is 12.3. The van der Waals surface area contributed by atoms with Crippen LogP contribution in [0.3, 0.4) is 0 Å². The second-order valence-electron chi connectivity index (χ2n) is 5.18. The fourth-order valence-electron chi connectivity index (χ4n) is 2.92. The van der Waals surface area contributed by atoms with Gasteiger partial charge in [-0.05, 0) is 5.56 Å². The summed E-state index contributed by atoms with van der Waals surface area (Å²) in [7, 11) is 1.44. The average Bonchev–Trinajstić information content (AvgIpc) is 2.92. The number of hydrogen-bond donors (Lipinski definition) is 1. The molecule has 0 bridgehead atoms. The van der Waals surface area contributed by atoms with Crippen molar-refractivity contribution < 1.29 is 19.2 Å². The molecule has 110 valence electrons. The Balaban J connectivity index is 2.00. The third-order valence-corrected chi connectivity index (χ3v) is 3.87. The van der Waals surface area contributed by atoms with Crippen molar-refractivity contribution in [2.75, 3.05) is 13.6 Å². The molecular formula is C14H15N3O4. The molecule has 0 spiro atoms. The summed E-state index contributed by atoms with van der Waals surface area (Å²) in [6, 6.07) is 8.68. The van der Waals surface area contributed by atoms with Crippen LogP contribution in [-0.4, -0.2) is 47.4 Å². The fraction of sp³-hybridized carbons (Fsp3) is 0.357. The Morgan fingerprint density at radius 2 is 1.90 bits per heavy atom. The summed E-state index contributed by atoms with van der Waals surface area (Å²) in [6.07, 6.45) is -0.882. The van der Waals surface area contributed by atoms with E-state index in [0.717, 1.165) is 10.5 Å². The molecule has 2 N–H and O–H groups in total. The summed E-state index contributed by atoms with van der Waals surface area (Å²) in [5.41, 5.74) is 6.03. The van der Waals surface area contributed by atoms with Crippen LogP contribution in [0.25, 0.3) is 0 Å². The predicted molar refractivity (Wildman–Crippen MR) is 71.2 cm³/mol. The Hall–Kier alpha value is -2.25. The van der Waals surface area contributed by atoms with Crippen molar-refractivity contribution in [1.82, 2.24) is 9.96 Å². The molecular weight excluding hydrogens is 274 g/mol. The van der Waals surface area contributed by atoms with Crippen molar-refractivity contribution in [3.05, 3.63) is 35.9 Å². The Kier molecular flexibility index (Phi) is 3.23. The molecule has 21 heavy (non-hydrogen) atoms. The smallest absolute Gasteiger partial charge is 0.261 e. The van der Waals surface area contributed by atoms with Gasteiger partial charge in [-0.1, -0.05) is 30.3 Å². The number of nitrogens with two attached hydrogens (primary N) is 1. The van der Waals surface area contributed by atoms with E-state index in [4.69, 9.17) is 10.6 Å². The maximum Gasteiger partial charge on any atom is 0.261 e. The van der Waals surface area contributed by atoms with Crippen molar-refractivity contribution in [1.29, 1.82) is 0 Å². The van der Waals surface area contributed by atoms with Crippen molar-refractivity contribution in [3.8, 4) is 0 Å². The van der Waals surface area contributed by atoms with Crippen molar-refractivity contribution in [2.24, 2.45) is 11.7 Å². The third kappa shape index (κ3) is 2.10. The molecule has 2 aliphatic heterocycles. The lowest BCUT2D eigenvalue weighted by atomic mass is 9.91. The normalized spacial score (nSPS) is 29.0. The second kappa shape index (κ2) is 4.94. The van der Waals surface area contributed by atoms with E-state index in [1.807, 2.05) is 30.3 Å². The van der Waals surface area contributed by atoms with E-state index in [9.17, 15) is 14.4 Å². The molecule has 2 heterocycles. The van der Waals surface area contributed by atoms with Crippen LogP contribution in [0.2, 0.25) is 0 Å². The van der Waals surface area contributed by atoms with Crippen molar-refractivity contribution >= 4 is 17.7 Å². The lowest BCUT2D eigenvalue weighted by Gasteiger charge is -2.25. The van der Waals surface area contributed by atoms with Crippen LogP contribution in [0.1, 0.15) is 11.6 Å². The number of hydrogen-bond acceptors (Lipinski definition) is 5. The number of fused-ring (bicyclic) bond motifs is 1. The van der Waals surface area contributed by atoms with Gasteiger partial charge in [-0.2, -0.15) is 5.06 Å². The maximum absolute atomic E-state index is 12.3. The van der Waals surface area contributed by atoms with E-state index in [1.165, 1.54) is 12.1 Å². The Labute approximate surface area is 121 Å². The lowest BCUT2D eigenvalue weighted by molar-refractivity contribution is -0.181. The highest BCUT2D eigenvalue weighted by atomic mass is 16.7. The van der Waals surface area contributed by atoms with Gasteiger partial charge in [0.1, 0.15) is 6.54 Å². The number of amides is 3. The zero-order valence-corrected chi connectivity index (χ0v) is 11.4. The summed E-state index contributed by atoms with van der Waals surface area (Å²) < 4.78 is 0.